The van der Waals surface area contributed by atoms with Gasteiger partial charge in [-0.15, -0.1) is 0 Å². The molecule has 3 heteroatoms. The van der Waals surface area contributed by atoms with Crippen molar-refractivity contribution in [2.45, 2.75) is 38.7 Å². The molecule has 84 valence electrons. The van der Waals surface area contributed by atoms with Crippen LogP contribution in [0.3, 0.4) is 0 Å². The number of rotatable bonds is 3. The van der Waals surface area contributed by atoms with E-state index in [-0.39, 0.29) is 6.10 Å². The lowest BCUT2D eigenvalue weighted by Gasteiger charge is -2.25. The second-order valence-electron chi connectivity index (χ2n) is 3.73. The lowest BCUT2D eigenvalue weighted by Crippen LogP contribution is -2.23. The molecule has 1 aliphatic carbocycles. The van der Waals surface area contributed by atoms with E-state index in [9.17, 15) is 9.18 Å². The topological polar surface area (TPSA) is 26.3 Å². The van der Waals surface area contributed by atoms with E-state index in [1.165, 1.54) is 0 Å². The fraction of sp³-hybridized carbons (Fsp3) is 0.583. The maximum absolute atomic E-state index is 12.0. The van der Waals surface area contributed by atoms with Crippen LogP contribution < -0.4 is 0 Å². The third-order valence-electron chi connectivity index (χ3n) is 2.53. The summed E-state index contributed by atoms with van der Waals surface area (Å²) in [6, 6.07) is 0. The number of allylic oxidation sites excluding steroid dienone is 2. The Morgan fingerprint density at radius 2 is 2.47 bits per heavy atom. The fourth-order valence-electron chi connectivity index (χ4n) is 1.78. The van der Waals surface area contributed by atoms with Gasteiger partial charge in [-0.1, -0.05) is 25.2 Å². The molecule has 0 bridgehead atoms. The molecule has 1 fully saturated rings. The Balaban J connectivity index is 2.54. The second-order valence-corrected chi connectivity index (χ2v) is 3.73. The van der Waals surface area contributed by atoms with E-state index in [0.29, 0.717) is 6.42 Å². The number of hydrogen-bond acceptors (Lipinski definition) is 2. The van der Waals surface area contributed by atoms with Gasteiger partial charge in [-0.2, -0.15) is 0 Å². The minimum absolute atomic E-state index is 0.170. The molecule has 0 aromatic rings. The highest BCUT2D eigenvalue weighted by Gasteiger charge is 2.22. The smallest absolute Gasteiger partial charge is 0.337 e. The first-order chi connectivity index (χ1) is 7.17. The lowest BCUT2D eigenvalue weighted by molar-refractivity contribution is -0.150. The van der Waals surface area contributed by atoms with Crippen molar-refractivity contribution in [2.24, 2.45) is 0 Å². The highest BCUT2D eigenvalue weighted by Crippen LogP contribution is 2.29. The zero-order valence-electron chi connectivity index (χ0n) is 9.09. The predicted octanol–water partition coefficient (Wildman–Crippen LogP) is 2.94. The summed E-state index contributed by atoms with van der Waals surface area (Å²) in [5.74, 6) is -0.761. The van der Waals surface area contributed by atoms with E-state index >= 15 is 0 Å². The monoisotopic (exact) mass is 212 g/mol. The van der Waals surface area contributed by atoms with Gasteiger partial charge >= 0.3 is 5.97 Å². The number of ether oxygens (including phenoxy) is 1. The molecule has 0 spiro atoms. The van der Waals surface area contributed by atoms with Gasteiger partial charge in [-0.05, 0) is 24.8 Å². The number of alkyl halides is 1. The van der Waals surface area contributed by atoms with Crippen LogP contribution in [0.4, 0.5) is 4.39 Å². The van der Waals surface area contributed by atoms with Crippen LogP contribution in [0.25, 0.3) is 0 Å². The number of esters is 1. The van der Waals surface area contributed by atoms with Crippen LogP contribution in [-0.4, -0.2) is 18.7 Å². The maximum Gasteiger partial charge on any atom is 0.337 e. The number of halogens is 1. The summed E-state index contributed by atoms with van der Waals surface area (Å²) in [5, 5.41) is 0. The van der Waals surface area contributed by atoms with E-state index < -0.39 is 12.6 Å². The number of hydrogen-bond donors (Lipinski definition) is 0. The van der Waals surface area contributed by atoms with Crippen LogP contribution in [0.2, 0.25) is 0 Å². The third-order valence-corrected chi connectivity index (χ3v) is 2.53. The van der Waals surface area contributed by atoms with Gasteiger partial charge in [-0.3, -0.25) is 0 Å². The normalized spacial score (nSPS) is 24.3. The Kier molecular flexibility index (Phi) is 4.53. The Morgan fingerprint density at radius 3 is 3.07 bits per heavy atom. The van der Waals surface area contributed by atoms with E-state index in [1.807, 2.05) is 0 Å². The number of carbonyl (C=O) groups excluding carboxylic acids is 1. The first-order valence-corrected chi connectivity index (χ1v) is 5.30. The summed E-state index contributed by atoms with van der Waals surface area (Å²) < 4.78 is 16.9. The molecule has 0 saturated heterocycles. The van der Waals surface area contributed by atoms with Gasteiger partial charge in [0.2, 0.25) is 0 Å². The molecule has 15 heavy (non-hydrogen) atoms. The quantitative estimate of drug-likeness (QED) is 0.672. The van der Waals surface area contributed by atoms with Crippen molar-refractivity contribution in [3.05, 3.63) is 23.8 Å². The maximum atomic E-state index is 12.0. The minimum atomic E-state index is -1.04. The zero-order valence-corrected chi connectivity index (χ0v) is 9.09. The van der Waals surface area contributed by atoms with Crippen molar-refractivity contribution in [3.8, 4) is 0 Å². The summed E-state index contributed by atoms with van der Waals surface area (Å²) in [6.45, 7) is 4.98. The highest BCUT2D eigenvalue weighted by molar-refractivity contribution is 5.70. The molecule has 0 aromatic carbocycles. The molecule has 1 unspecified atom stereocenters. The van der Waals surface area contributed by atoms with Gasteiger partial charge in [0.1, 0.15) is 6.10 Å². The summed E-state index contributed by atoms with van der Waals surface area (Å²) in [7, 11) is 0. The molecule has 0 aliphatic heterocycles. The molecule has 1 aliphatic rings. The number of carbonyl (C=O) groups is 1. The van der Waals surface area contributed by atoms with Crippen molar-refractivity contribution < 1.29 is 13.9 Å². The largest absolute Gasteiger partial charge is 0.460 e. The van der Waals surface area contributed by atoms with Crippen LogP contribution in [0.15, 0.2) is 23.8 Å². The summed E-state index contributed by atoms with van der Waals surface area (Å²) >= 11 is 0. The molecule has 1 atom stereocenters. The van der Waals surface area contributed by atoms with Gasteiger partial charge in [0, 0.05) is 6.42 Å². The Morgan fingerprint density at radius 1 is 1.73 bits per heavy atom. The molecule has 0 radical (unpaired) electrons. The van der Waals surface area contributed by atoms with Gasteiger partial charge in [0.05, 0.1) is 0 Å². The van der Waals surface area contributed by atoms with E-state index in [4.69, 9.17) is 4.74 Å². The van der Waals surface area contributed by atoms with Crippen LogP contribution in [0, 0.1) is 0 Å². The van der Waals surface area contributed by atoms with Crippen molar-refractivity contribution >= 4 is 5.97 Å². The molecule has 0 heterocycles. The Bertz CT molecular complexity index is 281. The van der Waals surface area contributed by atoms with Crippen LogP contribution >= 0.6 is 0 Å². The van der Waals surface area contributed by atoms with Gasteiger partial charge in [0.15, 0.2) is 6.67 Å². The van der Waals surface area contributed by atoms with Crippen molar-refractivity contribution in [1.82, 2.24) is 0 Å². The molecule has 0 N–H and O–H groups in total. The fourth-order valence-corrected chi connectivity index (χ4v) is 1.78. The molecule has 1 saturated carbocycles. The van der Waals surface area contributed by atoms with E-state index in [2.05, 4.69) is 19.6 Å². The third kappa shape index (κ3) is 3.50. The SMILES string of the molecule is C=C1CCC(OC(=O)CF)C/C1=C/CC. The minimum Gasteiger partial charge on any atom is -0.460 e. The standard InChI is InChI=1S/C12H17FO2/c1-3-4-10-7-11(6-5-9(10)2)15-12(14)8-13/h4,11H,2-3,5-8H2,1H3/b10-4-. The Hall–Kier alpha value is -1.12. The summed E-state index contributed by atoms with van der Waals surface area (Å²) in [4.78, 5) is 10.8. The van der Waals surface area contributed by atoms with Gasteiger partial charge in [-0.25, -0.2) is 9.18 Å². The van der Waals surface area contributed by atoms with Crippen molar-refractivity contribution in [3.63, 3.8) is 0 Å². The highest BCUT2D eigenvalue weighted by atomic mass is 19.1. The summed E-state index contributed by atoms with van der Waals surface area (Å²) in [6.07, 6.45) is 5.13. The van der Waals surface area contributed by atoms with Crippen LogP contribution in [-0.2, 0) is 9.53 Å². The average molecular weight is 212 g/mol. The van der Waals surface area contributed by atoms with Crippen LogP contribution in [0.5, 0.6) is 0 Å². The molecule has 2 nitrogen and oxygen atoms in total. The van der Waals surface area contributed by atoms with E-state index in [1.54, 1.807) is 0 Å². The molecular weight excluding hydrogens is 195 g/mol. The predicted molar refractivity (Wildman–Crippen MR) is 57.2 cm³/mol. The zero-order chi connectivity index (χ0) is 11.3. The lowest BCUT2D eigenvalue weighted by atomic mass is 9.88. The molecule has 0 aromatic heterocycles. The first-order valence-electron chi connectivity index (χ1n) is 5.30. The molecule has 0 amide bonds. The average Bonchev–Trinajstić information content (AvgIpc) is 2.23. The summed E-state index contributed by atoms with van der Waals surface area (Å²) in [5.41, 5.74) is 2.27. The second kappa shape index (κ2) is 5.69. The molecular formula is C12H17FO2. The van der Waals surface area contributed by atoms with Crippen molar-refractivity contribution in [2.75, 3.05) is 6.67 Å². The molecule has 1 rings (SSSR count). The van der Waals surface area contributed by atoms with Crippen molar-refractivity contribution in [1.29, 1.82) is 0 Å². The van der Waals surface area contributed by atoms with Crippen LogP contribution in [0.1, 0.15) is 32.6 Å². The van der Waals surface area contributed by atoms with Gasteiger partial charge in [0.25, 0.3) is 0 Å². The Labute approximate surface area is 89.8 Å². The first kappa shape index (κ1) is 12.0. The van der Waals surface area contributed by atoms with Gasteiger partial charge < -0.3 is 4.74 Å². The van der Waals surface area contributed by atoms with E-state index in [0.717, 1.165) is 30.4 Å².